The summed E-state index contributed by atoms with van der Waals surface area (Å²) in [4.78, 5) is 29.4. The molecule has 0 spiro atoms. The minimum Gasteiger partial charge on any atom is -0.466 e. The molecule has 100 valence electrons. The fraction of sp³-hybridized carbons (Fsp3) is 0.583. The van der Waals surface area contributed by atoms with Gasteiger partial charge >= 0.3 is 5.97 Å². The van der Waals surface area contributed by atoms with Gasteiger partial charge in [0.15, 0.2) is 0 Å². The lowest BCUT2D eigenvalue weighted by atomic mass is 10.2. The van der Waals surface area contributed by atoms with E-state index >= 15 is 0 Å². The van der Waals surface area contributed by atoms with Gasteiger partial charge in [0.25, 0.3) is 0 Å². The molecule has 18 heavy (non-hydrogen) atoms. The van der Waals surface area contributed by atoms with Crippen molar-refractivity contribution in [3.8, 4) is 0 Å². The zero-order valence-corrected chi connectivity index (χ0v) is 10.6. The third-order valence-electron chi connectivity index (χ3n) is 2.35. The van der Waals surface area contributed by atoms with Gasteiger partial charge in [0.05, 0.1) is 18.6 Å². The maximum Gasteiger partial charge on any atom is 0.305 e. The first-order valence-electron chi connectivity index (χ1n) is 6.12. The van der Waals surface area contributed by atoms with Crippen molar-refractivity contribution in [3.05, 3.63) is 18.2 Å². The molecular weight excluding hydrogens is 234 g/mol. The smallest absolute Gasteiger partial charge is 0.305 e. The van der Waals surface area contributed by atoms with Crippen molar-refractivity contribution in [1.82, 2.24) is 15.3 Å². The minimum absolute atomic E-state index is 0.0464. The molecule has 0 aliphatic heterocycles. The zero-order chi connectivity index (χ0) is 13.2. The van der Waals surface area contributed by atoms with Gasteiger partial charge in [-0.2, -0.15) is 0 Å². The quantitative estimate of drug-likeness (QED) is 0.671. The van der Waals surface area contributed by atoms with Crippen molar-refractivity contribution in [3.63, 3.8) is 0 Å². The summed E-state index contributed by atoms with van der Waals surface area (Å²) in [6, 6.07) is 0. The Balaban J connectivity index is 2.02. The SMILES string of the molecule is CCOC(=O)CCCC(=O)NCCc1c[nH]cn1. The van der Waals surface area contributed by atoms with Gasteiger partial charge in [-0.25, -0.2) is 4.98 Å². The Morgan fingerprint density at radius 1 is 1.44 bits per heavy atom. The van der Waals surface area contributed by atoms with Crippen LogP contribution in [0.5, 0.6) is 0 Å². The summed E-state index contributed by atoms with van der Waals surface area (Å²) in [6.45, 7) is 2.71. The standard InChI is InChI=1S/C12H19N3O3/c1-2-18-12(17)5-3-4-11(16)14-7-6-10-8-13-9-15-10/h8-9H,2-7H2,1H3,(H,13,15)(H,14,16). The molecule has 0 aromatic carbocycles. The molecule has 1 rings (SSSR count). The Morgan fingerprint density at radius 3 is 2.94 bits per heavy atom. The predicted octanol–water partition coefficient (Wildman–Crippen LogP) is 0.802. The number of H-pyrrole nitrogens is 1. The fourth-order valence-electron chi connectivity index (χ4n) is 1.47. The number of aromatic amines is 1. The number of esters is 1. The van der Waals surface area contributed by atoms with Gasteiger partial charge < -0.3 is 15.0 Å². The molecule has 1 amide bonds. The minimum atomic E-state index is -0.248. The molecule has 0 aliphatic rings. The molecular formula is C12H19N3O3. The Labute approximate surface area is 106 Å². The molecule has 0 unspecified atom stereocenters. The van der Waals surface area contributed by atoms with Crippen LogP contribution in [0.15, 0.2) is 12.5 Å². The molecule has 0 fully saturated rings. The fourth-order valence-corrected chi connectivity index (χ4v) is 1.47. The van der Waals surface area contributed by atoms with Gasteiger partial charge in [-0.1, -0.05) is 0 Å². The van der Waals surface area contributed by atoms with Crippen LogP contribution in [0.3, 0.4) is 0 Å². The number of rotatable bonds is 8. The molecule has 6 nitrogen and oxygen atoms in total. The number of amides is 1. The number of imidazole rings is 1. The van der Waals surface area contributed by atoms with Crippen LogP contribution in [0.4, 0.5) is 0 Å². The maximum atomic E-state index is 11.4. The van der Waals surface area contributed by atoms with E-state index in [2.05, 4.69) is 15.3 Å². The van der Waals surface area contributed by atoms with E-state index < -0.39 is 0 Å². The molecule has 0 bridgehead atoms. The summed E-state index contributed by atoms with van der Waals surface area (Å²) >= 11 is 0. The molecule has 0 aliphatic carbocycles. The second-order valence-corrected chi connectivity index (χ2v) is 3.82. The van der Waals surface area contributed by atoms with E-state index in [1.165, 1.54) is 0 Å². The lowest BCUT2D eigenvalue weighted by molar-refractivity contribution is -0.143. The van der Waals surface area contributed by atoms with E-state index in [9.17, 15) is 9.59 Å². The van der Waals surface area contributed by atoms with E-state index in [0.29, 0.717) is 38.8 Å². The summed E-state index contributed by atoms with van der Waals surface area (Å²) in [5.41, 5.74) is 0.918. The van der Waals surface area contributed by atoms with Crippen molar-refractivity contribution in [2.45, 2.75) is 32.6 Å². The van der Waals surface area contributed by atoms with Crippen LogP contribution in [-0.2, 0) is 20.7 Å². The monoisotopic (exact) mass is 253 g/mol. The van der Waals surface area contributed by atoms with Crippen molar-refractivity contribution < 1.29 is 14.3 Å². The van der Waals surface area contributed by atoms with Crippen LogP contribution < -0.4 is 5.32 Å². The average Bonchev–Trinajstić information content (AvgIpc) is 2.82. The molecule has 0 saturated heterocycles. The van der Waals surface area contributed by atoms with Gasteiger partial charge in [-0.05, 0) is 13.3 Å². The molecule has 1 aromatic heterocycles. The summed E-state index contributed by atoms with van der Waals surface area (Å²) in [5, 5.41) is 2.78. The highest BCUT2D eigenvalue weighted by atomic mass is 16.5. The number of hydrogen-bond donors (Lipinski definition) is 2. The van der Waals surface area contributed by atoms with Crippen molar-refractivity contribution in [1.29, 1.82) is 0 Å². The van der Waals surface area contributed by atoms with Gasteiger partial charge in [0, 0.05) is 32.0 Å². The molecule has 1 heterocycles. The van der Waals surface area contributed by atoms with E-state index in [4.69, 9.17) is 4.74 Å². The Bertz CT molecular complexity index is 363. The summed E-state index contributed by atoms with van der Waals surface area (Å²) in [7, 11) is 0. The van der Waals surface area contributed by atoms with Gasteiger partial charge in [0.2, 0.25) is 5.91 Å². The predicted molar refractivity (Wildman–Crippen MR) is 65.8 cm³/mol. The highest BCUT2D eigenvalue weighted by Gasteiger charge is 2.05. The van der Waals surface area contributed by atoms with Crippen LogP contribution in [0.1, 0.15) is 31.9 Å². The van der Waals surface area contributed by atoms with Crippen molar-refractivity contribution >= 4 is 11.9 Å². The maximum absolute atomic E-state index is 11.4. The summed E-state index contributed by atoms with van der Waals surface area (Å²) < 4.78 is 4.77. The largest absolute Gasteiger partial charge is 0.466 e. The van der Waals surface area contributed by atoms with Gasteiger partial charge in [-0.3, -0.25) is 9.59 Å². The molecule has 0 saturated carbocycles. The number of carbonyl (C=O) groups is 2. The molecule has 0 radical (unpaired) electrons. The lowest BCUT2D eigenvalue weighted by Crippen LogP contribution is -2.25. The van der Waals surface area contributed by atoms with E-state index in [0.717, 1.165) is 5.69 Å². The Morgan fingerprint density at radius 2 is 2.28 bits per heavy atom. The van der Waals surface area contributed by atoms with Crippen LogP contribution >= 0.6 is 0 Å². The number of hydrogen-bond acceptors (Lipinski definition) is 4. The third-order valence-corrected chi connectivity index (χ3v) is 2.35. The summed E-state index contributed by atoms with van der Waals surface area (Å²) in [5.74, 6) is -0.295. The topological polar surface area (TPSA) is 84.1 Å². The summed E-state index contributed by atoms with van der Waals surface area (Å²) in [6.07, 6.45) is 5.27. The first-order valence-corrected chi connectivity index (χ1v) is 6.12. The van der Waals surface area contributed by atoms with Gasteiger partial charge in [-0.15, -0.1) is 0 Å². The van der Waals surface area contributed by atoms with Crippen LogP contribution in [-0.4, -0.2) is 35.0 Å². The molecule has 0 atom stereocenters. The van der Waals surface area contributed by atoms with E-state index in [1.54, 1.807) is 19.4 Å². The normalized spacial score (nSPS) is 10.1. The van der Waals surface area contributed by atoms with Crippen molar-refractivity contribution in [2.75, 3.05) is 13.2 Å². The lowest BCUT2D eigenvalue weighted by Gasteiger charge is -2.04. The number of carbonyl (C=O) groups excluding carboxylic acids is 2. The number of nitrogens with one attached hydrogen (secondary N) is 2. The average molecular weight is 253 g/mol. The Hall–Kier alpha value is -1.85. The van der Waals surface area contributed by atoms with Crippen LogP contribution in [0.25, 0.3) is 0 Å². The second-order valence-electron chi connectivity index (χ2n) is 3.82. The molecule has 6 heteroatoms. The Kier molecular flexibility index (Phi) is 6.53. The molecule has 2 N–H and O–H groups in total. The van der Waals surface area contributed by atoms with E-state index in [-0.39, 0.29) is 11.9 Å². The second kappa shape index (κ2) is 8.27. The van der Waals surface area contributed by atoms with Crippen molar-refractivity contribution in [2.24, 2.45) is 0 Å². The van der Waals surface area contributed by atoms with Crippen LogP contribution in [0.2, 0.25) is 0 Å². The molecule has 1 aromatic rings. The van der Waals surface area contributed by atoms with Gasteiger partial charge in [0.1, 0.15) is 0 Å². The van der Waals surface area contributed by atoms with E-state index in [1.807, 2.05) is 0 Å². The number of ether oxygens (including phenoxy) is 1. The number of aromatic nitrogens is 2. The number of nitrogens with zero attached hydrogens (tertiary/aromatic N) is 1. The third kappa shape index (κ3) is 6.03. The highest BCUT2D eigenvalue weighted by molar-refractivity contribution is 5.76. The highest BCUT2D eigenvalue weighted by Crippen LogP contribution is 1.98. The van der Waals surface area contributed by atoms with Crippen LogP contribution in [0, 0.1) is 0 Å². The first-order chi connectivity index (χ1) is 8.72. The zero-order valence-electron chi connectivity index (χ0n) is 10.6. The first kappa shape index (κ1) is 14.2.